The molecule has 6 heteroatoms. The minimum absolute atomic E-state index is 0.196. The first-order chi connectivity index (χ1) is 13.4. The molecular weight excluding hydrogens is 358 g/mol. The van der Waals surface area contributed by atoms with Gasteiger partial charge in [0, 0.05) is 20.0 Å². The molecule has 3 rings (SSSR count). The summed E-state index contributed by atoms with van der Waals surface area (Å²) in [7, 11) is 0. The van der Waals surface area contributed by atoms with E-state index in [0.29, 0.717) is 18.0 Å². The lowest BCUT2D eigenvalue weighted by Gasteiger charge is -2.29. The third-order valence-electron chi connectivity index (χ3n) is 4.09. The van der Waals surface area contributed by atoms with Gasteiger partial charge >= 0.3 is 11.9 Å². The second-order valence-corrected chi connectivity index (χ2v) is 6.81. The Bertz CT molecular complexity index is 852. The molecule has 6 nitrogen and oxygen atoms in total. The second-order valence-electron chi connectivity index (χ2n) is 6.81. The van der Waals surface area contributed by atoms with Crippen molar-refractivity contribution < 1.29 is 23.8 Å². The van der Waals surface area contributed by atoms with Crippen LogP contribution < -0.4 is 10.1 Å². The smallest absolute Gasteiger partial charge is 0.350 e. The lowest BCUT2D eigenvalue weighted by molar-refractivity contribution is -0.222. The van der Waals surface area contributed by atoms with Gasteiger partial charge in [0.2, 0.25) is 0 Å². The fraction of sp³-hybridized carbons (Fsp3) is 0.273. The zero-order chi connectivity index (χ0) is 20.0. The van der Waals surface area contributed by atoms with Crippen molar-refractivity contribution in [2.45, 2.75) is 32.5 Å². The van der Waals surface area contributed by atoms with Crippen LogP contribution in [-0.2, 0) is 25.5 Å². The van der Waals surface area contributed by atoms with Crippen LogP contribution in [0.15, 0.2) is 66.4 Å². The van der Waals surface area contributed by atoms with Crippen LogP contribution in [0.1, 0.15) is 25.8 Å². The highest BCUT2D eigenvalue weighted by molar-refractivity contribution is 6.15. The van der Waals surface area contributed by atoms with E-state index in [1.165, 1.54) is 25.6 Å². The van der Waals surface area contributed by atoms with Gasteiger partial charge in [0.05, 0.1) is 12.3 Å². The van der Waals surface area contributed by atoms with Crippen LogP contribution in [0.3, 0.4) is 0 Å². The molecule has 0 atom stereocenters. The third kappa shape index (κ3) is 5.13. The number of hydrogen-bond donors (Lipinski definition) is 1. The minimum Gasteiger partial charge on any atom is -0.491 e. The summed E-state index contributed by atoms with van der Waals surface area (Å²) < 4.78 is 16.0. The molecule has 1 heterocycles. The normalized spacial score (nSPS) is 15.4. The van der Waals surface area contributed by atoms with Gasteiger partial charge in [0.1, 0.15) is 5.75 Å². The predicted octanol–water partition coefficient (Wildman–Crippen LogP) is 3.83. The molecule has 146 valence electrons. The first kappa shape index (κ1) is 19.5. The SMILES string of the molecule is CC1(C)OC(=O)C(=CNc2ccccc2OCCCc2ccccc2)C(=O)O1. The average Bonchev–Trinajstić information content (AvgIpc) is 2.65. The number of carbonyl (C=O) groups is 2. The Kier molecular flexibility index (Phi) is 5.99. The molecule has 0 aromatic heterocycles. The van der Waals surface area contributed by atoms with E-state index in [-0.39, 0.29) is 5.57 Å². The highest BCUT2D eigenvalue weighted by Gasteiger charge is 2.38. The Labute approximate surface area is 164 Å². The molecule has 0 unspecified atom stereocenters. The Hall–Kier alpha value is -3.28. The lowest BCUT2D eigenvalue weighted by atomic mass is 10.1. The van der Waals surface area contributed by atoms with E-state index in [4.69, 9.17) is 14.2 Å². The number of cyclic esters (lactones) is 2. The number of aryl methyl sites for hydroxylation is 1. The van der Waals surface area contributed by atoms with E-state index < -0.39 is 17.7 Å². The standard InChI is InChI=1S/C22H23NO5/c1-22(2)27-20(24)17(21(25)28-22)15-23-18-12-6-7-13-19(18)26-14-8-11-16-9-4-3-5-10-16/h3-7,9-10,12-13,15,23H,8,11,14H2,1-2H3. The minimum atomic E-state index is -1.26. The zero-order valence-electron chi connectivity index (χ0n) is 15.9. The van der Waals surface area contributed by atoms with Crippen LogP contribution in [0.5, 0.6) is 5.75 Å². The van der Waals surface area contributed by atoms with Crippen molar-refractivity contribution in [3.8, 4) is 5.75 Å². The average molecular weight is 381 g/mol. The van der Waals surface area contributed by atoms with E-state index in [1.807, 2.05) is 36.4 Å². The molecule has 0 spiro atoms. The van der Waals surface area contributed by atoms with Gasteiger partial charge in [0.15, 0.2) is 5.57 Å². The monoisotopic (exact) mass is 381 g/mol. The molecule has 0 bridgehead atoms. The number of para-hydroxylation sites is 2. The summed E-state index contributed by atoms with van der Waals surface area (Å²) in [5.74, 6) is -2.08. The number of rotatable bonds is 7. The molecule has 28 heavy (non-hydrogen) atoms. The molecule has 0 saturated carbocycles. The highest BCUT2D eigenvalue weighted by Crippen LogP contribution is 2.26. The van der Waals surface area contributed by atoms with Crippen molar-refractivity contribution in [2.24, 2.45) is 0 Å². The summed E-state index contributed by atoms with van der Waals surface area (Å²) in [5, 5.41) is 2.94. The van der Waals surface area contributed by atoms with E-state index in [2.05, 4.69) is 17.4 Å². The van der Waals surface area contributed by atoms with E-state index in [1.54, 1.807) is 6.07 Å². The molecule has 0 radical (unpaired) electrons. The van der Waals surface area contributed by atoms with Crippen LogP contribution in [0.25, 0.3) is 0 Å². The maximum atomic E-state index is 12.0. The van der Waals surface area contributed by atoms with Gasteiger partial charge in [-0.15, -0.1) is 0 Å². The van der Waals surface area contributed by atoms with Gasteiger partial charge in [-0.3, -0.25) is 0 Å². The molecule has 0 aliphatic carbocycles. The second kappa shape index (κ2) is 8.61. The summed E-state index contributed by atoms with van der Waals surface area (Å²) in [5.41, 5.74) is 1.71. The van der Waals surface area contributed by atoms with Crippen LogP contribution in [0.2, 0.25) is 0 Å². The maximum absolute atomic E-state index is 12.0. The molecule has 1 saturated heterocycles. The first-order valence-corrected chi connectivity index (χ1v) is 9.14. The highest BCUT2D eigenvalue weighted by atomic mass is 16.7. The summed E-state index contributed by atoms with van der Waals surface area (Å²) in [6.07, 6.45) is 3.08. The van der Waals surface area contributed by atoms with Gasteiger partial charge in [-0.1, -0.05) is 42.5 Å². The predicted molar refractivity (Wildman–Crippen MR) is 105 cm³/mol. The van der Waals surface area contributed by atoms with E-state index in [0.717, 1.165) is 12.8 Å². The molecule has 1 aliphatic heterocycles. The van der Waals surface area contributed by atoms with Crippen LogP contribution in [-0.4, -0.2) is 24.3 Å². The van der Waals surface area contributed by atoms with Crippen molar-refractivity contribution in [3.63, 3.8) is 0 Å². The van der Waals surface area contributed by atoms with Crippen LogP contribution in [0.4, 0.5) is 5.69 Å². The van der Waals surface area contributed by atoms with Gasteiger partial charge in [-0.2, -0.15) is 0 Å². The Balaban J connectivity index is 1.59. The summed E-state index contributed by atoms with van der Waals surface area (Å²) in [4.78, 5) is 24.0. The summed E-state index contributed by atoms with van der Waals surface area (Å²) in [6, 6.07) is 17.5. The van der Waals surface area contributed by atoms with Gasteiger partial charge in [-0.25, -0.2) is 9.59 Å². The van der Waals surface area contributed by atoms with Gasteiger partial charge < -0.3 is 19.5 Å². The van der Waals surface area contributed by atoms with Crippen LogP contribution >= 0.6 is 0 Å². The maximum Gasteiger partial charge on any atom is 0.350 e. The molecule has 1 N–H and O–H groups in total. The molecule has 2 aromatic carbocycles. The van der Waals surface area contributed by atoms with Crippen molar-refractivity contribution in [3.05, 3.63) is 71.9 Å². The van der Waals surface area contributed by atoms with Crippen molar-refractivity contribution in [1.29, 1.82) is 0 Å². The van der Waals surface area contributed by atoms with Crippen molar-refractivity contribution in [1.82, 2.24) is 0 Å². The van der Waals surface area contributed by atoms with Crippen molar-refractivity contribution >= 4 is 17.6 Å². The zero-order valence-corrected chi connectivity index (χ0v) is 15.9. The number of carbonyl (C=O) groups excluding carboxylic acids is 2. The third-order valence-corrected chi connectivity index (χ3v) is 4.09. The number of ether oxygens (including phenoxy) is 3. The van der Waals surface area contributed by atoms with Crippen molar-refractivity contribution in [2.75, 3.05) is 11.9 Å². The number of benzene rings is 2. The summed E-state index contributed by atoms with van der Waals surface area (Å²) >= 11 is 0. The molecular formula is C22H23NO5. The molecule has 1 fully saturated rings. The number of hydrogen-bond acceptors (Lipinski definition) is 6. The topological polar surface area (TPSA) is 73.9 Å². The van der Waals surface area contributed by atoms with Gasteiger partial charge in [-0.05, 0) is 30.5 Å². The van der Waals surface area contributed by atoms with Gasteiger partial charge in [0.25, 0.3) is 5.79 Å². The molecule has 1 aliphatic rings. The van der Waals surface area contributed by atoms with E-state index >= 15 is 0 Å². The number of esters is 2. The van der Waals surface area contributed by atoms with Crippen LogP contribution in [0, 0.1) is 0 Å². The lowest BCUT2D eigenvalue weighted by Crippen LogP contribution is -2.42. The fourth-order valence-electron chi connectivity index (χ4n) is 2.74. The fourth-order valence-corrected chi connectivity index (χ4v) is 2.74. The Morgan fingerprint density at radius 2 is 1.61 bits per heavy atom. The quantitative estimate of drug-likeness (QED) is 0.340. The molecule has 2 aromatic rings. The Morgan fingerprint density at radius 1 is 0.964 bits per heavy atom. The Morgan fingerprint density at radius 3 is 2.32 bits per heavy atom. The van der Waals surface area contributed by atoms with E-state index in [9.17, 15) is 9.59 Å². The molecule has 0 amide bonds. The largest absolute Gasteiger partial charge is 0.491 e. The first-order valence-electron chi connectivity index (χ1n) is 9.14. The number of nitrogens with one attached hydrogen (secondary N) is 1. The summed E-state index contributed by atoms with van der Waals surface area (Å²) in [6.45, 7) is 3.56. The number of anilines is 1.